The van der Waals surface area contributed by atoms with Crippen molar-refractivity contribution in [2.24, 2.45) is 0 Å². The molecule has 0 saturated heterocycles. The molecule has 0 amide bonds. The zero-order chi connectivity index (χ0) is 12.8. The van der Waals surface area contributed by atoms with E-state index in [0.29, 0.717) is 12.8 Å². The summed E-state index contributed by atoms with van der Waals surface area (Å²) in [5.74, 6) is -1.01. The smallest absolute Gasteiger partial charge is 0.389 e. The quantitative estimate of drug-likeness (QED) is 0.673. The Labute approximate surface area is 93.0 Å². The Hall–Kier alpha value is -0.780. The summed E-state index contributed by atoms with van der Waals surface area (Å²) in [5.41, 5.74) is -1.09. The third kappa shape index (κ3) is 4.83. The normalized spacial score (nSPS) is 12.8. The maximum atomic E-state index is 11.9. The molecule has 0 aromatic rings. The Morgan fingerprint density at radius 1 is 1.25 bits per heavy atom. The number of nitrogens with one attached hydrogen (secondary N) is 1. The van der Waals surface area contributed by atoms with E-state index in [-0.39, 0.29) is 13.0 Å². The minimum Gasteiger partial charge on any atom is -0.480 e. The molecule has 0 unspecified atom stereocenters. The lowest BCUT2D eigenvalue weighted by molar-refractivity contribution is -0.145. The molecule has 96 valence electrons. The molecule has 0 bridgehead atoms. The van der Waals surface area contributed by atoms with Crippen LogP contribution in [0.1, 0.15) is 39.5 Å². The van der Waals surface area contributed by atoms with Crippen LogP contribution in [0.15, 0.2) is 0 Å². The number of aliphatic carboxylic acids is 1. The van der Waals surface area contributed by atoms with E-state index in [1.165, 1.54) is 0 Å². The van der Waals surface area contributed by atoms with Crippen molar-refractivity contribution in [3.8, 4) is 0 Å². The number of carboxylic acid groups (broad SMARTS) is 1. The molecule has 16 heavy (non-hydrogen) atoms. The fraction of sp³-hybridized carbons (Fsp3) is 0.900. The molecule has 6 heteroatoms. The Kier molecular flexibility index (Phi) is 5.78. The second-order valence-electron chi connectivity index (χ2n) is 3.74. The molecule has 0 radical (unpaired) electrons. The van der Waals surface area contributed by atoms with Crippen LogP contribution in [0.3, 0.4) is 0 Å². The highest BCUT2D eigenvalue weighted by molar-refractivity contribution is 5.78. The molecule has 0 atom stereocenters. The van der Waals surface area contributed by atoms with Gasteiger partial charge in [0.1, 0.15) is 5.54 Å². The first-order valence-corrected chi connectivity index (χ1v) is 5.32. The van der Waals surface area contributed by atoms with E-state index >= 15 is 0 Å². The highest BCUT2D eigenvalue weighted by Gasteiger charge is 2.34. The average Bonchev–Trinajstić information content (AvgIpc) is 2.17. The van der Waals surface area contributed by atoms with E-state index in [9.17, 15) is 18.0 Å². The molecule has 0 saturated carbocycles. The van der Waals surface area contributed by atoms with Crippen LogP contribution >= 0.6 is 0 Å². The summed E-state index contributed by atoms with van der Waals surface area (Å²) in [6.07, 6.45) is -4.46. The summed E-state index contributed by atoms with van der Waals surface area (Å²) in [5, 5.41) is 11.7. The van der Waals surface area contributed by atoms with Crippen LogP contribution < -0.4 is 5.32 Å². The molecule has 0 aliphatic heterocycles. The number of rotatable bonds is 7. The Balaban J connectivity index is 4.10. The van der Waals surface area contributed by atoms with E-state index in [4.69, 9.17) is 5.11 Å². The second kappa shape index (κ2) is 6.08. The summed E-state index contributed by atoms with van der Waals surface area (Å²) >= 11 is 0. The molecule has 0 heterocycles. The third-order valence-electron chi connectivity index (χ3n) is 2.72. The SMILES string of the molecule is CCC(CC)(NCCCC(F)(F)F)C(=O)O. The number of hydrogen-bond donors (Lipinski definition) is 2. The number of carbonyl (C=O) groups is 1. The van der Waals surface area contributed by atoms with Crippen LogP contribution in [0.5, 0.6) is 0 Å². The lowest BCUT2D eigenvalue weighted by atomic mass is 9.93. The summed E-state index contributed by atoms with van der Waals surface area (Å²) in [4.78, 5) is 11.0. The molecule has 0 aromatic heterocycles. The molecular weight excluding hydrogens is 223 g/mol. The van der Waals surface area contributed by atoms with Gasteiger partial charge >= 0.3 is 12.1 Å². The zero-order valence-corrected chi connectivity index (χ0v) is 9.52. The van der Waals surface area contributed by atoms with Crippen molar-refractivity contribution in [2.45, 2.75) is 51.2 Å². The largest absolute Gasteiger partial charge is 0.480 e. The van der Waals surface area contributed by atoms with Gasteiger partial charge in [-0.1, -0.05) is 13.8 Å². The first kappa shape index (κ1) is 15.2. The van der Waals surface area contributed by atoms with Gasteiger partial charge in [0.2, 0.25) is 0 Å². The van der Waals surface area contributed by atoms with Crippen LogP contribution in [0.4, 0.5) is 13.2 Å². The van der Waals surface area contributed by atoms with Gasteiger partial charge in [-0.25, -0.2) is 0 Å². The molecule has 0 aliphatic carbocycles. The predicted molar refractivity (Wildman–Crippen MR) is 54.2 cm³/mol. The Morgan fingerprint density at radius 2 is 1.75 bits per heavy atom. The Morgan fingerprint density at radius 3 is 2.06 bits per heavy atom. The average molecular weight is 241 g/mol. The summed E-state index contributed by atoms with van der Waals surface area (Å²) in [6, 6.07) is 0. The van der Waals surface area contributed by atoms with Crippen molar-refractivity contribution in [1.82, 2.24) is 5.32 Å². The van der Waals surface area contributed by atoms with Gasteiger partial charge in [-0.15, -0.1) is 0 Å². The summed E-state index contributed by atoms with van der Waals surface area (Å²) in [7, 11) is 0. The Bertz CT molecular complexity index is 225. The minimum absolute atomic E-state index is 0.0630. The zero-order valence-electron chi connectivity index (χ0n) is 9.52. The van der Waals surface area contributed by atoms with Gasteiger partial charge in [0, 0.05) is 6.42 Å². The first-order chi connectivity index (χ1) is 7.27. The van der Waals surface area contributed by atoms with Gasteiger partial charge in [0.15, 0.2) is 0 Å². The predicted octanol–water partition coefficient (Wildman–Crippen LogP) is 2.56. The molecular formula is C10H18F3NO2. The second-order valence-corrected chi connectivity index (χ2v) is 3.74. The summed E-state index contributed by atoms with van der Waals surface area (Å²) in [6.45, 7) is 3.47. The van der Waals surface area contributed by atoms with E-state index in [1.54, 1.807) is 13.8 Å². The van der Waals surface area contributed by atoms with Gasteiger partial charge in [-0.2, -0.15) is 13.2 Å². The van der Waals surface area contributed by atoms with Crippen molar-refractivity contribution < 1.29 is 23.1 Å². The van der Waals surface area contributed by atoms with Gasteiger partial charge in [0.25, 0.3) is 0 Å². The van der Waals surface area contributed by atoms with Gasteiger partial charge in [-0.05, 0) is 25.8 Å². The van der Waals surface area contributed by atoms with Crippen molar-refractivity contribution in [1.29, 1.82) is 0 Å². The molecule has 0 rings (SSSR count). The lowest BCUT2D eigenvalue weighted by Crippen LogP contribution is -2.51. The molecule has 3 nitrogen and oxygen atoms in total. The maximum absolute atomic E-state index is 11.9. The highest BCUT2D eigenvalue weighted by Crippen LogP contribution is 2.21. The fourth-order valence-corrected chi connectivity index (χ4v) is 1.49. The van der Waals surface area contributed by atoms with Gasteiger partial charge in [-0.3, -0.25) is 4.79 Å². The molecule has 2 N–H and O–H groups in total. The fourth-order valence-electron chi connectivity index (χ4n) is 1.49. The molecule has 0 fully saturated rings. The van der Waals surface area contributed by atoms with Crippen molar-refractivity contribution in [3.63, 3.8) is 0 Å². The number of hydrogen-bond acceptors (Lipinski definition) is 2. The molecule has 0 spiro atoms. The molecule has 0 aromatic carbocycles. The third-order valence-corrected chi connectivity index (χ3v) is 2.72. The highest BCUT2D eigenvalue weighted by atomic mass is 19.4. The topological polar surface area (TPSA) is 49.3 Å². The first-order valence-electron chi connectivity index (χ1n) is 5.32. The lowest BCUT2D eigenvalue weighted by Gasteiger charge is -2.28. The van der Waals surface area contributed by atoms with Crippen molar-refractivity contribution in [3.05, 3.63) is 0 Å². The van der Waals surface area contributed by atoms with Crippen LogP contribution in [0.25, 0.3) is 0 Å². The van der Waals surface area contributed by atoms with E-state index in [1.807, 2.05) is 0 Å². The van der Waals surface area contributed by atoms with Crippen LogP contribution in [-0.2, 0) is 4.79 Å². The van der Waals surface area contributed by atoms with Gasteiger partial charge < -0.3 is 10.4 Å². The number of carboxylic acids is 1. The van der Waals surface area contributed by atoms with E-state index in [2.05, 4.69) is 5.32 Å². The van der Waals surface area contributed by atoms with Crippen molar-refractivity contribution >= 4 is 5.97 Å². The van der Waals surface area contributed by atoms with Gasteiger partial charge in [0.05, 0.1) is 0 Å². The van der Waals surface area contributed by atoms with E-state index < -0.39 is 24.1 Å². The number of alkyl halides is 3. The van der Waals surface area contributed by atoms with Crippen LogP contribution in [0, 0.1) is 0 Å². The standard InChI is InChI=1S/C10H18F3NO2/c1-3-9(4-2,8(15)16)14-7-5-6-10(11,12)13/h14H,3-7H2,1-2H3,(H,15,16). The monoisotopic (exact) mass is 241 g/mol. The van der Waals surface area contributed by atoms with Crippen LogP contribution in [0.2, 0.25) is 0 Å². The number of halogens is 3. The summed E-state index contributed by atoms with van der Waals surface area (Å²) < 4.78 is 35.6. The molecule has 0 aliphatic rings. The van der Waals surface area contributed by atoms with E-state index in [0.717, 1.165) is 0 Å². The van der Waals surface area contributed by atoms with Crippen molar-refractivity contribution in [2.75, 3.05) is 6.54 Å². The van der Waals surface area contributed by atoms with Crippen LogP contribution in [-0.4, -0.2) is 29.3 Å². The minimum atomic E-state index is -4.17. The maximum Gasteiger partial charge on any atom is 0.389 e.